The summed E-state index contributed by atoms with van der Waals surface area (Å²) >= 11 is 0. The highest BCUT2D eigenvalue weighted by Gasteiger charge is 2.16. The third-order valence-electron chi connectivity index (χ3n) is 1.69. The number of sulfone groups is 1. The zero-order valence-corrected chi connectivity index (χ0v) is 8.65. The Hall–Kier alpha value is -1.69. The monoisotopic (exact) mass is 223 g/mol. The third-order valence-corrected chi connectivity index (χ3v) is 2.49. The Balaban J connectivity index is 2.46. The molecule has 0 bridgehead atoms. The van der Waals surface area contributed by atoms with Crippen molar-refractivity contribution in [2.45, 2.75) is 5.22 Å². The number of rotatable bonds is 2. The lowest BCUT2D eigenvalue weighted by Gasteiger charge is -1.91. The maximum atomic E-state index is 11.1. The Bertz CT molecular complexity index is 560. The molecule has 15 heavy (non-hydrogen) atoms. The van der Waals surface area contributed by atoms with E-state index in [0.29, 0.717) is 5.56 Å². The topological polar surface area (TPSA) is 73.1 Å². The van der Waals surface area contributed by atoms with Crippen molar-refractivity contribution < 1.29 is 12.8 Å². The van der Waals surface area contributed by atoms with E-state index in [9.17, 15) is 8.42 Å². The first-order valence-electron chi connectivity index (χ1n) is 4.07. The second-order valence-corrected chi connectivity index (χ2v) is 4.83. The molecule has 6 heteroatoms. The Kier molecular flexibility index (Phi) is 2.28. The number of aromatic nitrogens is 2. The summed E-state index contributed by atoms with van der Waals surface area (Å²) in [5.41, 5.74) is 0.663. The van der Waals surface area contributed by atoms with Gasteiger partial charge < -0.3 is 4.42 Å². The van der Waals surface area contributed by atoms with Gasteiger partial charge in [-0.3, -0.25) is 0 Å². The molecule has 0 fully saturated rings. The van der Waals surface area contributed by atoms with Crippen molar-refractivity contribution in [3.8, 4) is 11.5 Å². The van der Waals surface area contributed by atoms with E-state index in [1.54, 1.807) is 24.3 Å². The SMILES string of the molecule is CS(=O)(=O)c1nnc(-c2cc[c]cc2)o1. The van der Waals surface area contributed by atoms with Crippen molar-refractivity contribution in [1.82, 2.24) is 10.2 Å². The van der Waals surface area contributed by atoms with Crippen LogP contribution in [-0.4, -0.2) is 24.9 Å². The average molecular weight is 223 g/mol. The van der Waals surface area contributed by atoms with Crippen LogP contribution in [-0.2, 0) is 9.84 Å². The van der Waals surface area contributed by atoms with Crippen molar-refractivity contribution in [1.29, 1.82) is 0 Å². The van der Waals surface area contributed by atoms with Crippen molar-refractivity contribution in [2.75, 3.05) is 6.26 Å². The zero-order valence-electron chi connectivity index (χ0n) is 7.84. The fraction of sp³-hybridized carbons (Fsp3) is 0.111. The molecule has 1 aromatic carbocycles. The Morgan fingerprint density at radius 2 is 1.93 bits per heavy atom. The van der Waals surface area contributed by atoms with E-state index in [0.717, 1.165) is 6.26 Å². The molecular weight excluding hydrogens is 216 g/mol. The van der Waals surface area contributed by atoms with Gasteiger partial charge in [0.1, 0.15) is 0 Å². The second-order valence-electron chi connectivity index (χ2n) is 2.93. The quantitative estimate of drug-likeness (QED) is 0.757. The molecule has 1 aromatic heterocycles. The van der Waals surface area contributed by atoms with Gasteiger partial charge in [-0.1, -0.05) is 17.2 Å². The molecule has 0 unspecified atom stereocenters. The van der Waals surface area contributed by atoms with Gasteiger partial charge in [0.25, 0.3) is 0 Å². The van der Waals surface area contributed by atoms with Crippen LogP contribution in [0.2, 0.25) is 0 Å². The number of nitrogens with zero attached hydrogens (tertiary/aromatic N) is 2. The van der Waals surface area contributed by atoms with E-state index in [1.807, 2.05) is 0 Å². The van der Waals surface area contributed by atoms with Gasteiger partial charge in [-0.25, -0.2) is 8.42 Å². The first-order chi connectivity index (χ1) is 7.07. The van der Waals surface area contributed by atoms with Crippen molar-refractivity contribution >= 4 is 9.84 Å². The van der Waals surface area contributed by atoms with Crippen LogP contribution >= 0.6 is 0 Å². The van der Waals surface area contributed by atoms with Gasteiger partial charge in [-0.2, -0.15) is 0 Å². The van der Waals surface area contributed by atoms with E-state index in [4.69, 9.17) is 4.42 Å². The normalized spacial score (nSPS) is 11.5. The van der Waals surface area contributed by atoms with Crippen LogP contribution in [0.3, 0.4) is 0 Å². The largest absolute Gasteiger partial charge is 0.408 e. The summed E-state index contributed by atoms with van der Waals surface area (Å²) in [6.45, 7) is 0. The molecule has 5 nitrogen and oxygen atoms in total. The maximum Gasteiger partial charge on any atom is 0.335 e. The van der Waals surface area contributed by atoms with Crippen LogP contribution in [0.1, 0.15) is 0 Å². The molecule has 0 amide bonds. The van der Waals surface area contributed by atoms with E-state index in [-0.39, 0.29) is 11.1 Å². The molecule has 0 spiro atoms. The van der Waals surface area contributed by atoms with Crippen LogP contribution < -0.4 is 0 Å². The summed E-state index contributed by atoms with van der Waals surface area (Å²) in [5, 5.41) is 6.72. The van der Waals surface area contributed by atoms with Crippen LogP contribution in [0.5, 0.6) is 0 Å². The van der Waals surface area contributed by atoms with Gasteiger partial charge in [0.2, 0.25) is 15.7 Å². The minimum absolute atomic E-state index is 0.185. The number of hydrogen-bond donors (Lipinski definition) is 0. The summed E-state index contributed by atoms with van der Waals surface area (Å²) in [4.78, 5) is 0. The Labute approximate surface area is 86.7 Å². The smallest absolute Gasteiger partial charge is 0.335 e. The number of hydrogen-bond acceptors (Lipinski definition) is 5. The van der Waals surface area contributed by atoms with Crippen LogP contribution in [0.15, 0.2) is 33.9 Å². The highest BCUT2D eigenvalue weighted by Crippen LogP contribution is 2.18. The summed E-state index contributed by atoms with van der Waals surface area (Å²) in [6, 6.07) is 9.61. The third kappa shape index (κ3) is 2.04. The van der Waals surface area contributed by atoms with Crippen molar-refractivity contribution in [2.24, 2.45) is 0 Å². The molecule has 0 saturated carbocycles. The van der Waals surface area contributed by atoms with Crippen LogP contribution in [0.25, 0.3) is 11.5 Å². The lowest BCUT2D eigenvalue weighted by molar-refractivity contribution is 0.442. The van der Waals surface area contributed by atoms with Gasteiger partial charge >= 0.3 is 5.22 Å². The van der Waals surface area contributed by atoms with Gasteiger partial charge in [0.05, 0.1) is 0 Å². The first-order valence-corrected chi connectivity index (χ1v) is 5.96. The van der Waals surface area contributed by atoms with Gasteiger partial charge in [-0.05, 0) is 18.2 Å². The summed E-state index contributed by atoms with van der Waals surface area (Å²) in [6.07, 6.45) is 1.02. The maximum absolute atomic E-state index is 11.1. The first kappa shape index (κ1) is 9.85. The predicted octanol–water partition coefficient (Wildman–Crippen LogP) is 0.940. The molecule has 0 aliphatic heterocycles. The number of benzene rings is 1. The lowest BCUT2D eigenvalue weighted by atomic mass is 10.2. The molecule has 0 atom stereocenters. The van der Waals surface area contributed by atoms with E-state index < -0.39 is 9.84 Å². The molecule has 0 aliphatic carbocycles. The Morgan fingerprint density at radius 3 is 2.47 bits per heavy atom. The fourth-order valence-corrected chi connectivity index (χ4v) is 1.43. The lowest BCUT2D eigenvalue weighted by Crippen LogP contribution is -1.96. The minimum Gasteiger partial charge on any atom is -0.408 e. The predicted molar refractivity (Wildman–Crippen MR) is 51.7 cm³/mol. The van der Waals surface area contributed by atoms with Gasteiger partial charge in [-0.15, -0.1) is 5.10 Å². The van der Waals surface area contributed by atoms with E-state index in [2.05, 4.69) is 16.3 Å². The summed E-state index contributed by atoms with van der Waals surface area (Å²) in [7, 11) is -3.44. The molecular formula is C9H7N2O3S. The fourth-order valence-electron chi connectivity index (χ4n) is 1.01. The molecule has 2 rings (SSSR count). The molecule has 2 aromatic rings. The van der Waals surface area contributed by atoms with Crippen LogP contribution in [0, 0.1) is 6.07 Å². The second kappa shape index (κ2) is 3.47. The summed E-state index contributed by atoms with van der Waals surface area (Å²) in [5.74, 6) is 0.185. The van der Waals surface area contributed by atoms with Crippen molar-refractivity contribution in [3.05, 3.63) is 30.3 Å². The van der Waals surface area contributed by atoms with Crippen molar-refractivity contribution in [3.63, 3.8) is 0 Å². The highest BCUT2D eigenvalue weighted by molar-refractivity contribution is 7.90. The average Bonchev–Trinajstić information content (AvgIpc) is 2.67. The van der Waals surface area contributed by atoms with E-state index in [1.165, 1.54) is 0 Å². The molecule has 77 valence electrons. The molecule has 0 N–H and O–H groups in total. The van der Waals surface area contributed by atoms with Crippen LogP contribution in [0.4, 0.5) is 0 Å². The Morgan fingerprint density at radius 1 is 1.27 bits per heavy atom. The molecule has 0 aliphatic rings. The molecule has 1 radical (unpaired) electrons. The van der Waals surface area contributed by atoms with E-state index >= 15 is 0 Å². The minimum atomic E-state index is -3.44. The highest BCUT2D eigenvalue weighted by atomic mass is 32.2. The standard InChI is InChI=1S/C9H7N2O3S/c1-15(12,13)9-11-10-8(14-9)7-5-3-2-4-6-7/h3-6H,1H3. The van der Waals surface area contributed by atoms with Gasteiger partial charge in [0.15, 0.2) is 0 Å². The van der Waals surface area contributed by atoms with Gasteiger partial charge in [0, 0.05) is 11.8 Å². The molecule has 0 saturated heterocycles. The summed E-state index contributed by atoms with van der Waals surface area (Å²) < 4.78 is 27.2. The molecule has 1 heterocycles. The zero-order chi connectivity index (χ0) is 10.9.